The molecule has 9 heteroatoms. The summed E-state index contributed by atoms with van der Waals surface area (Å²) in [6, 6.07) is 12.3. The number of morpholine rings is 1. The van der Waals surface area contributed by atoms with Crippen LogP contribution in [0.1, 0.15) is 17.5 Å². The highest BCUT2D eigenvalue weighted by atomic mass is 35.5. The van der Waals surface area contributed by atoms with E-state index in [1.165, 1.54) is 21.8 Å². The van der Waals surface area contributed by atoms with Crippen LogP contribution in [0.15, 0.2) is 41.3 Å². The standard InChI is InChI=1S/C24H28ClN3O2S2.ClH/c1-17-3-5-20(6-4-17)31-14-7-22(29)28(9-8-27-10-12-30-13-11-27)24-26-23-18(2)15-19(25)16-21(23)32-24;/h3-6,15-16H,7-14H2,1-2H3;1H. The molecule has 0 saturated carbocycles. The zero-order valence-electron chi connectivity index (χ0n) is 18.9. The second kappa shape index (κ2) is 12.4. The fraction of sp³-hybridized carbons (Fsp3) is 0.417. The Morgan fingerprint density at radius 1 is 1.21 bits per heavy atom. The zero-order chi connectivity index (χ0) is 22.5. The minimum absolute atomic E-state index is 0. The highest BCUT2D eigenvalue weighted by Gasteiger charge is 2.22. The third-order valence-corrected chi connectivity index (χ3v) is 7.78. The quantitative estimate of drug-likeness (QED) is 0.346. The van der Waals surface area contributed by atoms with Gasteiger partial charge >= 0.3 is 0 Å². The average molecular weight is 527 g/mol. The molecule has 1 saturated heterocycles. The first-order valence-corrected chi connectivity index (χ1v) is 13.0. The molecule has 1 fully saturated rings. The molecule has 0 spiro atoms. The van der Waals surface area contributed by atoms with Gasteiger partial charge in [0, 0.05) is 48.3 Å². The number of carbonyl (C=O) groups is 1. The molecule has 3 aromatic rings. The Kier molecular flexibility index (Phi) is 9.85. The van der Waals surface area contributed by atoms with Gasteiger partial charge in [-0.1, -0.05) is 40.6 Å². The summed E-state index contributed by atoms with van der Waals surface area (Å²) < 4.78 is 6.47. The van der Waals surface area contributed by atoms with E-state index in [0.29, 0.717) is 18.0 Å². The van der Waals surface area contributed by atoms with Gasteiger partial charge in [0.05, 0.1) is 23.4 Å². The molecule has 4 rings (SSSR count). The number of anilines is 1. The van der Waals surface area contributed by atoms with Gasteiger partial charge in [0.15, 0.2) is 5.13 Å². The molecule has 0 aliphatic carbocycles. The number of aromatic nitrogens is 1. The summed E-state index contributed by atoms with van der Waals surface area (Å²) in [6.07, 6.45) is 0.470. The van der Waals surface area contributed by atoms with Crippen molar-refractivity contribution in [1.29, 1.82) is 0 Å². The summed E-state index contributed by atoms with van der Waals surface area (Å²) in [7, 11) is 0. The maximum atomic E-state index is 13.3. The topological polar surface area (TPSA) is 45.7 Å². The fourth-order valence-corrected chi connectivity index (χ4v) is 5.98. The van der Waals surface area contributed by atoms with Crippen molar-refractivity contribution < 1.29 is 9.53 Å². The Balaban J connectivity index is 0.00000306. The molecule has 2 aromatic carbocycles. The van der Waals surface area contributed by atoms with E-state index in [4.69, 9.17) is 21.3 Å². The number of carbonyl (C=O) groups excluding carboxylic acids is 1. The van der Waals surface area contributed by atoms with Gasteiger partial charge in [-0.15, -0.1) is 24.2 Å². The van der Waals surface area contributed by atoms with Gasteiger partial charge in [-0.05, 0) is 43.7 Å². The summed E-state index contributed by atoms with van der Waals surface area (Å²) in [5.41, 5.74) is 3.20. The van der Waals surface area contributed by atoms with Gasteiger partial charge in [-0.25, -0.2) is 4.98 Å². The zero-order valence-corrected chi connectivity index (χ0v) is 22.1. The van der Waals surface area contributed by atoms with Crippen molar-refractivity contribution in [3.63, 3.8) is 0 Å². The minimum atomic E-state index is 0. The number of amides is 1. The van der Waals surface area contributed by atoms with E-state index >= 15 is 0 Å². The molecule has 33 heavy (non-hydrogen) atoms. The largest absolute Gasteiger partial charge is 0.379 e. The van der Waals surface area contributed by atoms with Crippen LogP contribution in [0.4, 0.5) is 5.13 Å². The van der Waals surface area contributed by atoms with Gasteiger partial charge in [0.1, 0.15) is 0 Å². The number of nitrogens with zero attached hydrogens (tertiary/aromatic N) is 3. The number of halogens is 2. The smallest absolute Gasteiger partial charge is 0.229 e. The lowest BCUT2D eigenvalue weighted by atomic mass is 10.2. The second-order valence-electron chi connectivity index (χ2n) is 7.98. The number of ether oxygens (including phenoxy) is 1. The third kappa shape index (κ3) is 7.07. The number of hydrogen-bond acceptors (Lipinski definition) is 6. The number of hydrogen-bond donors (Lipinski definition) is 0. The van der Waals surface area contributed by atoms with Gasteiger partial charge in [0.2, 0.25) is 5.91 Å². The lowest BCUT2D eigenvalue weighted by molar-refractivity contribution is -0.118. The molecule has 1 aliphatic rings. The lowest BCUT2D eigenvalue weighted by Crippen LogP contribution is -2.43. The molecular weight excluding hydrogens is 497 g/mol. The molecule has 1 amide bonds. The molecule has 5 nitrogen and oxygen atoms in total. The summed E-state index contributed by atoms with van der Waals surface area (Å²) >= 11 is 9.51. The van der Waals surface area contributed by atoms with Crippen LogP contribution in [0.25, 0.3) is 10.2 Å². The van der Waals surface area contributed by atoms with E-state index in [1.54, 1.807) is 11.8 Å². The van der Waals surface area contributed by atoms with E-state index in [1.807, 2.05) is 24.0 Å². The van der Waals surface area contributed by atoms with E-state index in [-0.39, 0.29) is 18.3 Å². The minimum Gasteiger partial charge on any atom is -0.379 e. The second-order valence-corrected chi connectivity index (χ2v) is 10.6. The maximum absolute atomic E-state index is 13.3. The molecule has 178 valence electrons. The predicted molar refractivity (Wildman–Crippen MR) is 143 cm³/mol. The van der Waals surface area contributed by atoms with Crippen molar-refractivity contribution in [2.75, 3.05) is 50.0 Å². The molecule has 0 bridgehead atoms. The SMILES string of the molecule is Cc1ccc(SCCC(=O)N(CCN2CCOCC2)c2nc3c(C)cc(Cl)cc3s2)cc1.Cl. The van der Waals surface area contributed by atoms with Crippen LogP contribution in [0.2, 0.25) is 5.02 Å². The number of benzene rings is 2. The number of thioether (sulfide) groups is 1. The predicted octanol–water partition coefficient (Wildman–Crippen LogP) is 5.84. The molecule has 0 unspecified atom stereocenters. The van der Waals surface area contributed by atoms with Crippen LogP contribution in [-0.2, 0) is 9.53 Å². The van der Waals surface area contributed by atoms with Crippen molar-refractivity contribution >= 4 is 68.4 Å². The number of thiazole rings is 1. The summed E-state index contributed by atoms with van der Waals surface area (Å²) in [5.74, 6) is 0.854. The molecule has 0 N–H and O–H groups in total. The third-order valence-electron chi connectivity index (χ3n) is 5.52. The number of rotatable bonds is 8. The molecular formula is C24H29Cl2N3O2S2. The van der Waals surface area contributed by atoms with E-state index in [2.05, 4.69) is 36.1 Å². The van der Waals surface area contributed by atoms with Crippen LogP contribution in [0.3, 0.4) is 0 Å². The Labute approximate surface area is 214 Å². The van der Waals surface area contributed by atoms with Crippen molar-refractivity contribution in [2.24, 2.45) is 0 Å². The number of aryl methyl sites for hydroxylation is 2. The van der Waals surface area contributed by atoms with Crippen LogP contribution in [-0.4, -0.2) is 60.9 Å². The normalized spacial score (nSPS) is 14.3. The van der Waals surface area contributed by atoms with Crippen LogP contribution in [0, 0.1) is 13.8 Å². The monoisotopic (exact) mass is 525 g/mol. The van der Waals surface area contributed by atoms with Gasteiger partial charge in [-0.3, -0.25) is 14.6 Å². The van der Waals surface area contributed by atoms with Gasteiger partial charge in [-0.2, -0.15) is 0 Å². The molecule has 2 heterocycles. The van der Waals surface area contributed by atoms with Gasteiger partial charge in [0.25, 0.3) is 0 Å². The average Bonchev–Trinajstić information content (AvgIpc) is 3.20. The van der Waals surface area contributed by atoms with Crippen molar-refractivity contribution in [3.05, 3.63) is 52.5 Å². The highest BCUT2D eigenvalue weighted by Crippen LogP contribution is 2.33. The van der Waals surface area contributed by atoms with Gasteiger partial charge < -0.3 is 4.74 Å². The molecule has 0 radical (unpaired) electrons. The molecule has 1 aliphatic heterocycles. The summed E-state index contributed by atoms with van der Waals surface area (Å²) in [4.78, 5) is 23.5. The lowest BCUT2D eigenvalue weighted by Gasteiger charge is -2.29. The first kappa shape index (κ1) is 26.3. The first-order chi connectivity index (χ1) is 15.5. The summed E-state index contributed by atoms with van der Waals surface area (Å²) in [5, 5.41) is 1.45. The highest BCUT2D eigenvalue weighted by molar-refractivity contribution is 7.99. The van der Waals surface area contributed by atoms with Crippen molar-refractivity contribution in [3.8, 4) is 0 Å². The van der Waals surface area contributed by atoms with Crippen molar-refractivity contribution in [1.82, 2.24) is 9.88 Å². The van der Waals surface area contributed by atoms with E-state index in [0.717, 1.165) is 59.5 Å². The molecule has 1 aromatic heterocycles. The summed E-state index contributed by atoms with van der Waals surface area (Å²) in [6.45, 7) is 8.84. The maximum Gasteiger partial charge on any atom is 0.229 e. The van der Waals surface area contributed by atoms with E-state index in [9.17, 15) is 4.79 Å². The van der Waals surface area contributed by atoms with Crippen LogP contribution >= 0.6 is 47.1 Å². The van der Waals surface area contributed by atoms with Crippen LogP contribution < -0.4 is 4.90 Å². The first-order valence-electron chi connectivity index (χ1n) is 10.9. The Bertz CT molecular complexity index is 1070. The van der Waals surface area contributed by atoms with Crippen molar-refractivity contribution in [2.45, 2.75) is 25.2 Å². The Hall–Kier alpha value is -1.35. The Morgan fingerprint density at radius 3 is 2.67 bits per heavy atom. The Morgan fingerprint density at radius 2 is 1.94 bits per heavy atom. The van der Waals surface area contributed by atoms with E-state index < -0.39 is 0 Å². The fourth-order valence-electron chi connectivity index (χ4n) is 3.68. The molecule has 0 atom stereocenters. The number of fused-ring (bicyclic) bond motifs is 1. The van der Waals surface area contributed by atoms with Crippen LogP contribution in [0.5, 0.6) is 0 Å².